The minimum Gasteiger partial charge on any atom is -0.340 e. The van der Waals surface area contributed by atoms with E-state index in [1.54, 1.807) is 4.90 Å². The van der Waals surface area contributed by atoms with E-state index in [2.05, 4.69) is 4.72 Å². The Balaban J connectivity index is 2.03. The molecular weight excluding hydrogens is 290 g/mol. The first kappa shape index (κ1) is 15.9. The van der Waals surface area contributed by atoms with Gasteiger partial charge in [-0.05, 0) is 12.0 Å². The molecule has 7 heteroatoms. The molecular formula is C14H21N3O3S. The standard InChI is InChI=1S/C14H21N3O3S/c1-21(19,20)16-12-7-8-17(10-12)14(18)13(9-15)11-5-3-2-4-6-11/h2-6,12-13,16H,7-10,15H2,1H3/t12-,13-/m1/s1. The van der Waals surface area contributed by atoms with E-state index in [9.17, 15) is 13.2 Å². The molecule has 1 aromatic carbocycles. The van der Waals surface area contributed by atoms with Gasteiger partial charge in [0.15, 0.2) is 0 Å². The summed E-state index contributed by atoms with van der Waals surface area (Å²) in [4.78, 5) is 14.2. The summed E-state index contributed by atoms with van der Waals surface area (Å²) in [6.45, 7) is 1.19. The second kappa shape index (κ2) is 6.55. The minimum atomic E-state index is -3.25. The van der Waals surface area contributed by atoms with Crippen LogP contribution < -0.4 is 10.5 Å². The average molecular weight is 311 g/mol. The molecule has 0 unspecified atom stereocenters. The van der Waals surface area contributed by atoms with E-state index in [0.717, 1.165) is 11.8 Å². The maximum atomic E-state index is 12.6. The third-order valence-electron chi connectivity index (χ3n) is 3.62. The number of carbonyl (C=O) groups is 1. The summed E-state index contributed by atoms with van der Waals surface area (Å²) >= 11 is 0. The van der Waals surface area contributed by atoms with Gasteiger partial charge in [0.1, 0.15) is 0 Å². The van der Waals surface area contributed by atoms with Crippen molar-refractivity contribution in [2.24, 2.45) is 5.73 Å². The van der Waals surface area contributed by atoms with Gasteiger partial charge in [-0.15, -0.1) is 0 Å². The van der Waals surface area contributed by atoms with Gasteiger partial charge in [-0.2, -0.15) is 0 Å². The molecule has 1 heterocycles. The van der Waals surface area contributed by atoms with E-state index in [-0.39, 0.29) is 24.4 Å². The molecule has 1 aromatic rings. The molecule has 0 bridgehead atoms. The van der Waals surface area contributed by atoms with Crippen LogP contribution >= 0.6 is 0 Å². The van der Waals surface area contributed by atoms with E-state index in [4.69, 9.17) is 5.73 Å². The van der Waals surface area contributed by atoms with E-state index in [0.29, 0.717) is 19.5 Å². The van der Waals surface area contributed by atoms with Gasteiger partial charge in [0.05, 0.1) is 12.2 Å². The SMILES string of the molecule is CS(=O)(=O)N[C@@H]1CCN(C(=O)[C@H](CN)c2ccccc2)C1. The van der Waals surface area contributed by atoms with E-state index >= 15 is 0 Å². The molecule has 6 nitrogen and oxygen atoms in total. The molecule has 116 valence electrons. The Hall–Kier alpha value is -1.44. The molecule has 2 atom stereocenters. The highest BCUT2D eigenvalue weighted by atomic mass is 32.2. The van der Waals surface area contributed by atoms with Gasteiger partial charge in [0, 0.05) is 25.7 Å². The lowest BCUT2D eigenvalue weighted by Crippen LogP contribution is -2.40. The van der Waals surface area contributed by atoms with Gasteiger partial charge in [-0.25, -0.2) is 13.1 Å². The summed E-state index contributed by atoms with van der Waals surface area (Å²) in [6, 6.07) is 9.21. The Bertz CT molecular complexity index is 589. The van der Waals surface area contributed by atoms with E-state index in [1.807, 2.05) is 30.3 Å². The topological polar surface area (TPSA) is 92.5 Å². The van der Waals surface area contributed by atoms with Crippen molar-refractivity contribution in [1.29, 1.82) is 0 Å². The molecule has 1 amide bonds. The second-order valence-corrected chi connectivity index (χ2v) is 7.14. The zero-order valence-electron chi connectivity index (χ0n) is 12.0. The fourth-order valence-corrected chi connectivity index (χ4v) is 3.44. The third-order valence-corrected chi connectivity index (χ3v) is 4.38. The van der Waals surface area contributed by atoms with Gasteiger partial charge in [0.25, 0.3) is 0 Å². The Labute approximate surface area is 125 Å². The van der Waals surface area contributed by atoms with Crippen LogP contribution in [-0.2, 0) is 14.8 Å². The molecule has 1 aliphatic heterocycles. The molecule has 21 heavy (non-hydrogen) atoms. The van der Waals surface area contributed by atoms with Crippen molar-refractivity contribution in [2.75, 3.05) is 25.9 Å². The number of carbonyl (C=O) groups excluding carboxylic acids is 1. The van der Waals surface area contributed by atoms with Crippen LogP contribution in [0.25, 0.3) is 0 Å². The molecule has 0 radical (unpaired) electrons. The highest BCUT2D eigenvalue weighted by Crippen LogP contribution is 2.20. The van der Waals surface area contributed by atoms with Crippen molar-refractivity contribution in [2.45, 2.75) is 18.4 Å². The van der Waals surface area contributed by atoms with Gasteiger partial charge in [0.2, 0.25) is 15.9 Å². The Morgan fingerprint density at radius 2 is 2.10 bits per heavy atom. The monoisotopic (exact) mass is 311 g/mol. The molecule has 3 N–H and O–H groups in total. The van der Waals surface area contributed by atoms with Crippen LogP contribution in [0.3, 0.4) is 0 Å². The number of nitrogens with one attached hydrogen (secondary N) is 1. The number of nitrogens with two attached hydrogens (primary N) is 1. The molecule has 0 saturated carbocycles. The van der Waals surface area contributed by atoms with Crippen LogP contribution in [0, 0.1) is 0 Å². The quantitative estimate of drug-likeness (QED) is 0.793. The van der Waals surface area contributed by atoms with Gasteiger partial charge in [-0.3, -0.25) is 4.79 Å². The molecule has 1 saturated heterocycles. The molecule has 1 fully saturated rings. The lowest BCUT2D eigenvalue weighted by Gasteiger charge is -2.23. The molecule has 2 rings (SSSR count). The largest absolute Gasteiger partial charge is 0.340 e. The first-order valence-electron chi connectivity index (χ1n) is 6.92. The van der Waals surface area contributed by atoms with Crippen molar-refractivity contribution in [3.8, 4) is 0 Å². The zero-order valence-corrected chi connectivity index (χ0v) is 12.8. The normalized spacial score (nSPS) is 20.5. The van der Waals surface area contributed by atoms with Crippen LogP contribution in [-0.4, -0.2) is 51.2 Å². The maximum Gasteiger partial charge on any atom is 0.231 e. The number of rotatable bonds is 5. The van der Waals surface area contributed by atoms with Crippen molar-refractivity contribution in [1.82, 2.24) is 9.62 Å². The van der Waals surface area contributed by atoms with Crippen LogP contribution in [0.15, 0.2) is 30.3 Å². The summed E-state index contributed by atoms with van der Waals surface area (Å²) in [5.41, 5.74) is 6.64. The third kappa shape index (κ3) is 4.26. The Morgan fingerprint density at radius 1 is 1.43 bits per heavy atom. The summed E-state index contributed by atoms with van der Waals surface area (Å²) in [7, 11) is -3.25. The predicted molar refractivity (Wildman–Crippen MR) is 81.2 cm³/mol. The van der Waals surface area contributed by atoms with Crippen LogP contribution in [0.5, 0.6) is 0 Å². The Kier molecular flexibility index (Phi) is 4.97. The molecule has 1 aliphatic rings. The van der Waals surface area contributed by atoms with E-state index in [1.165, 1.54) is 0 Å². The smallest absolute Gasteiger partial charge is 0.231 e. The van der Waals surface area contributed by atoms with Crippen molar-refractivity contribution < 1.29 is 13.2 Å². The first-order chi connectivity index (χ1) is 9.90. The maximum absolute atomic E-state index is 12.6. The van der Waals surface area contributed by atoms with E-state index < -0.39 is 10.0 Å². The van der Waals surface area contributed by atoms with Gasteiger partial charge >= 0.3 is 0 Å². The Morgan fingerprint density at radius 3 is 2.67 bits per heavy atom. The van der Waals surface area contributed by atoms with Gasteiger partial charge < -0.3 is 10.6 Å². The first-order valence-corrected chi connectivity index (χ1v) is 8.81. The predicted octanol–water partition coefficient (Wildman–Crippen LogP) is -0.121. The summed E-state index contributed by atoms with van der Waals surface area (Å²) < 4.78 is 25.0. The highest BCUT2D eigenvalue weighted by molar-refractivity contribution is 7.88. The number of amides is 1. The molecule has 0 aromatic heterocycles. The summed E-state index contributed by atoms with van der Waals surface area (Å²) in [5.74, 6) is -0.412. The number of hydrogen-bond acceptors (Lipinski definition) is 4. The van der Waals surface area contributed by atoms with Crippen LogP contribution in [0.2, 0.25) is 0 Å². The lowest BCUT2D eigenvalue weighted by molar-refractivity contribution is -0.131. The molecule has 0 spiro atoms. The average Bonchev–Trinajstić information content (AvgIpc) is 2.87. The van der Waals surface area contributed by atoms with Crippen LogP contribution in [0.1, 0.15) is 17.9 Å². The molecule has 0 aliphatic carbocycles. The fraction of sp³-hybridized carbons (Fsp3) is 0.500. The van der Waals surface area contributed by atoms with Crippen molar-refractivity contribution in [3.63, 3.8) is 0 Å². The number of likely N-dealkylation sites (tertiary alicyclic amines) is 1. The van der Waals surface area contributed by atoms with Crippen molar-refractivity contribution >= 4 is 15.9 Å². The van der Waals surface area contributed by atoms with Crippen LogP contribution in [0.4, 0.5) is 0 Å². The minimum absolute atomic E-state index is 0.0403. The lowest BCUT2D eigenvalue weighted by atomic mass is 9.98. The zero-order chi connectivity index (χ0) is 15.5. The number of sulfonamides is 1. The summed E-state index contributed by atoms with van der Waals surface area (Å²) in [6.07, 6.45) is 1.76. The summed E-state index contributed by atoms with van der Waals surface area (Å²) in [5, 5.41) is 0. The van der Waals surface area contributed by atoms with Crippen molar-refractivity contribution in [3.05, 3.63) is 35.9 Å². The second-order valence-electron chi connectivity index (χ2n) is 5.36. The number of benzene rings is 1. The van der Waals surface area contributed by atoms with Gasteiger partial charge in [-0.1, -0.05) is 30.3 Å². The highest BCUT2D eigenvalue weighted by Gasteiger charge is 2.32. The number of hydrogen-bond donors (Lipinski definition) is 2. The fourth-order valence-electron chi connectivity index (χ4n) is 2.64. The number of nitrogens with zero attached hydrogens (tertiary/aromatic N) is 1.